The van der Waals surface area contributed by atoms with Crippen LogP contribution in [0.15, 0.2) is 4.52 Å². The molecule has 1 saturated heterocycles. The topological polar surface area (TPSA) is 62.4 Å². The van der Waals surface area contributed by atoms with E-state index < -0.39 is 0 Å². The number of piperidine rings is 1. The normalized spacial score (nSPS) is 22.5. The largest absolute Gasteiger partial charge is 0.396 e. The molecule has 1 aromatic heterocycles. The van der Waals surface area contributed by atoms with Crippen molar-refractivity contribution in [2.75, 3.05) is 13.2 Å². The van der Waals surface area contributed by atoms with Crippen LogP contribution in [0.25, 0.3) is 0 Å². The SMILES string of the molecule is Cc1nc(CN2CCCCC2CCO)no1. The second-order valence-electron chi connectivity index (χ2n) is 4.36. The maximum Gasteiger partial charge on any atom is 0.223 e. The van der Waals surface area contributed by atoms with Crippen LogP contribution in [0, 0.1) is 6.92 Å². The number of aryl methyl sites for hydroxylation is 1. The Morgan fingerprint density at radius 1 is 1.50 bits per heavy atom. The fourth-order valence-electron chi connectivity index (χ4n) is 2.33. The quantitative estimate of drug-likeness (QED) is 0.831. The van der Waals surface area contributed by atoms with Gasteiger partial charge in [-0.2, -0.15) is 4.98 Å². The Morgan fingerprint density at radius 2 is 2.38 bits per heavy atom. The molecule has 5 heteroatoms. The molecule has 90 valence electrons. The Labute approximate surface area is 95.4 Å². The highest BCUT2D eigenvalue weighted by Crippen LogP contribution is 2.20. The summed E-state index contributed by atoms with van der Waals surface area (Å²) in [6.07, 6.45) is 4.49. The second-order valence-corrected chi connectivity index (χ2v) is 4.36. The van der Waals surface area contributed by atoms with Gasteiger partial charge < -0.3 is 9.63 Å². The molecule has 1 aromatic rings. The molecule has 1 atom stereocenters. The van der Waals surface area contributed by atoms with Gasteiger partial charge in [-0.05, 0) is 25.8 Å². The first-order valence-corrected chi connectivity index (χ1v) is 5.93. The highest BCUT2D eigenvalue weighted by Gasteiger charge is 2.23. The minimum Gasteiger partial charge on any atom is -0.396 e. The van der Waals surface area contributed by atoms with Crippen LogP contribution in [0.4, 0.5) is 0 Å². The summed E-state index contributed by atoms with van der Waals surface area (Å²) in [7, 11) is 0. The van der Waals surface area contributed by atoms with Gasteiger partial charge in [-0.3, -0.25) is 4.90 Å². The van der Waals surface area contributed by atoms with Crippen molar-refractivity contribution in [1.29, 1.82) is 0 Å². The van der Waals surface area contributed by atoms with Crippen LogP contribution >= 0.6 is 0 Å². The highest BCUT2D eigenvalue weighted by atomic mass is 16.5. The maximum atomic E-state index is 9.03. The number of hydrogen-bond acceptors (Lipinski definition) is 5. The maximum absolute atomic E-state index is 9.03. The lowest BCUT2D eigenvalue weighted by Crippen LogP contribution is -2.39. The summed E-state index contributed by atoms with van der Waals surface area (Å²) in [5.41, 5.74) is 0. The summed E-state index contributed by atoms with van der Waals surface area (Å²) in [5, 5.41) is 12.9. The molecule has 5 nitrogen and oxygen atoms in total. The van der Waals surface area contributed by atoms with Gasteiger partial charge in [0.2, 0.25) is 5.89 Å². The summed E-state index contributed by atoms with van der Waals surface area (Å²) < 4.78 is 4.96. The van der Waals surface area contributed by atoms with Gasteiger partial charge >= 0.3 is 0 Å². The number of aliphatic hydroxyl groups excluding tert-OH is 1. The number of aliphatic hydroxyl groups is 1. The number of likely N-dealkylation sites (tertiary alicyclic amines) is 1. The standard InChI is InChI=1S/C11H19N3O2/c1-9-12-11(13-16-9)8-14-6-3-2-4-10(14)5-7-15/h10,15H,2-8H2,1H3. The van der Waals surface area contributed by atoms with Crippen LogP contribution in [-0.2, 0) is 6.54 Å². The zero-order valence-corrected chi connectivity index (χ0v) is 9.72. The van der Waals surface area contributed by atoms with Gasteiger partial charge in [-0.15, -0.1) is 0 Å². The molecular formula is C11H19N3O2. The molecule has 0 saturated carbocycles. The number of aromatic nitrogens is 2. The first-order valence-electron chi connectivity index (χ1n) is 5.93. The summed E-state index contributed by atoms with van der Waals surface area (Å²) >= 11 is 0. The predicted octanol–water partition coefficient (Wildman–Crippen LogP) is 1.11. The Kier molecular flexibility index (Phi) is 3.90. The van der Waals surface area contributed by atoms with Gasteiger partial charge in [0.25, 0.3) is 0 Å². The summed E-state index contributed by atoms with van der Waals surface area (Å²) in [6.45, 7) is 3.87. The summed E-state index contributed by atoms with van der Waals surface area (Å²) in [5.74, 6) is 1.37. The van der Waals surface area contributed by atoms with Crippen molar-refractivity contribution in [3.05, 3.63) is 11.7 Å². The van der Waals surface area contributed by atoms with Crippen molar-refractivity contribution in [2.24, 2.45) is 0 Å². The molecule has 16 heavy (non-hydrogen) atoms. The molecule has 1 unspecified atom stereocenters. The average molecular weight is 225 g/mol. The summed E-state index contributed by atoms with van der Waals surface area (Å²) in [6, 6.07) is 0.470. The Balaban J connectivity index is 1.95. The van der Waals surface area contributed by atoms with Crippen LogP contribution in [0.1, 0.15) is 37.4 Å². The van der Waals surface area contributed by atoms with Crippen molar-refractivity contribution in [3.63, 3.8) is 0 Å². The number of rotatable bonds is 4. The molecule has 1 aliphatic heterocycles. The first-order chi connectivity index (χ1) is 7.79. The molecule has 0 bridgehead atoms. The van der Waals surface area contributed by atoms with E-state index in [0.29, 0.717) is 11.9 Å². The molecule has 1 fully saturated rings. The van der Waals surface area contributed by atoms with E-state index in [2.05, 4.69) is 15.0 Å². The zero-order chi connectivity index (χ0) is 11.4. The van der Waals surface area contributed by atoms with Crippen LogP contribution in [0.5, 0.6) is 0 Å². The van der Waals surface area contributed by atoms with Crippen molar-refractivity contribution >= 4 is 0 Å². The van der Waals surface area contributed by atoms with Gasteiger partial charge in [0.15, 0.2) is 5.82 Å². The number of nitrogens with zero attached hydrogens (tertiary/aromatic N) is 3. The van der Waals surface area contributed by atoms with Crippen molar-refractivity contribution < 1.29 is 9.63 Å². The minimum atomic E-state index is 0.256. The Bertz CT molecular complexity index is 325. The van der Waals surface area contributed by atoms with Gasteiger partial charge in [-0.25, -0.2) is 0 Å². The Hall–Kier alpha value is -0.940. The van der Waals surface area contributed by atoms with Crippen LogP contribution < -0.4 is 0 Å². The van der Waals surface area contributed by atoms with Crippen molar-refractivity contribution in [3.8, 4) is 0 Å². The van der Waals surface area contributed by atoms with Crippen molar-refractivity contribution in [1.82, 2.24) is 15.0 Å². The molecule has 0 aliphatic carbocycles. The zero-order valence-electron chi connectivity index (χ0n) is 9.72. The lowest BCUT2D eigenvalue weighted by molar-refractivity contribution is 0.109. The molecule has 0 spiro atoms. The average Bonchev–Trinajstić information content (AvgIpc) is 2.67. The third-order valence-electron chi connectivity index (χ3n) is 3.13. The van der Waals surface area contributed by atoms with E-state index in [1.165, 1.54) is 12.8 Å². The van der Waals surface area contributed by atoms with E-state index in [9.17, 15) is 0 Å². The molecule has 0 aromatic carbocycles. The smallest absolute Gasteiger partial charge is 0.223 e. The van der Waals surface area contributed by atoms with Gasteiger partial charge in [-0.1, -0.05) is 11.6 Å². The van der Waals surface area contributed by atoms with Crippen LogP contribution in [0.3, 0.4) is 0 Å². The minimum absolute atomic E-state index is 0.256. The van der Waals surface area contributed by atoms with Gasteiger partial charge in [0.1, 0.15) is 0 Å². The van der Waals surface area contributed by atoms with Crippen LogP contribution in [-0.4, -0.2) is 39.3 Å². The molecule has 2 heterocycles. The second kappa shape index (κ2) is 5.41. The number of hydrogen-bond donors (Lipinski definition) is 1. The molecule has 2 rings (SSSR count). The van der Waals surface area contributed by atoms with Gasteiger partial charge in [0, 0.05) is 19.6 Å². The van der Waals surface area contributed by atoms with E-state index in [1.807, 2.05) is 0 Å². The monoisotopic (exact) mass is 225 g/mol. The Morgan fingerprint density at radius 3 is 3.06 bits per heavy atom. The first kappa shape index (κ1) is 11.5. The predicted molar refractivity (Wildman–Crippen MR) is 58.8 cm³/mol. The fraction of sp³-hybridized carbons (Fsp3) is 0.818. The van der Waals surface area contributed by atoms with E-state index in [-0.39, 0.29) is 6.61 Å². The van der Waals surface area contributed by atoms with E-state index in [1.54, 1.807) is 6.92 Å². The molecule has 1 aliphatic rings. The molecular weight excluding hydrogens is 206 g/mol. The molecule has 1 N–H and O–H groups in total. The molecule has 0 radical (unpaired) electrons. The van der Waals surface area contributed by atoms with Gasteiger partial charge in [0.05, 0.1) is 6.54 Å². The lowest BCUT2D eigenvalue weighted by atomic mass is 10.00. The third kappa shape index (κ3) is 2.80. The highest BCUT2D eigenvalue weighted by molar-refractivity contribution is 4.87. The fourth-order valence-corrected chi connectivity index (χ4v) is 2.33. The van der Waals surface area contributed by atoms with E-state index >= 15 is 0 Å². The van der Waals surface area contributed by atoms with Crippen molar-refractivity contribution in [2.45, 2.75) is 45.2 Å². The lowest BCUT2D eigenvalue weighted by Gasteiger charge is -2.34. The molecule has 0 amide bonds. The third-order valence-corrected chi connectivity index (χ3v) is 3.13. The summed E-state index contributed by atoms with van der Waals surface area (Å²) in [4.78, 5) is 6.57. The van der Waals surface area contributed by atoms with E-state index in [0.717, 1.165) is 31.8 Å². The van der Waals surface area contributed by atoms with E-state index in [4.69, 9.17) is 9.63 Å². The van der Waals surface area contributed by atoms with Crippen LogP contribution in [0.2, 0.25) is 0 Å².